The van der Waals surface area contributed by atoms with Crippen LogP contribution in [0.4, 0.5) is 0 Å². The highest BCUT2D eigenvalue weighted by Crippen LogP contribution is 2.07. The van der Waals surface area contributed by atoms with Gasteiger partial charge in [-0.3, -0.25) is 5.01 Å². The quantitative estimate of drug-likeness (QED) is 0.624. The van der Waals surface area contributed by atoms with Gasteiger partial charge in [-0.2, -0.15) is 5.01 Å². The van der Waals surface area contributed by atoms with Crippen LogP contribution in [0, 0.1) is 11.8 Å². The molecule has 2 unspecified atom stereocenters. The third-order valence-electron chi connectivity index (χ3n) is 3.78. The summed E-state index contributed by atoms with van der Waals surface area (Å²) in [5.74, 6) is 1.52. The molecule has 0 spiro atoms. The molecule has 1 N–H and O–H groups in total. The van der Waals surface area contributed by atoms with Crippen LogP contribution in [-0.4, -0.2) is 30.2 Å². The average Bonchev–Trinajstić information content (AvgIpc) is 2.26. The molecule has 0 amide bonds. The number of nitrogens with one attached hydrogen (secondary N) is 1. The SMILES string of the molecule is CCC(C)N(C(C)CC)[NH+](CC(C)C)CC(C)C. The third kappa shape index (κ3) is 6.19. The molecule has 0 saturated heterocycles. The minimum absolute atomic E-state index is 0.674. The molecule has 0 aliphatic heterocycles. The second-order valence-electron chi connectivity index (χ2n) is 6.68. The van der Waals surface area contributed by atoms with Gasteiger partial charge >= 0.3 is 0 Å². The highest BCUT2D eigenvalue weighted by molar-refractivity contribution is 4.64. The predicted molar refractivity (Wildman–Crippen MR) is 81.7 cm³/mol. The number of nitrogens with zero attached hydrogens (tertiary/aromatic N) is 1. The van der Waals surface area contributed by atoms with Gasteiger partial charge in [0, 0.05) is 11.8 Å². The van der Waals surface area contributed by atoms with E-state index >= 15 is 0 Å². The van der Waals surface area contributed by atoms with Crippen LogP contribution in [0.3, 0.4) is 0 Å². The van der Waals surface area contributed by atoms with Crippen LogP contribution in [0.5, 0.6) is 0 Å². The molecule has 110 valence electrons. The molecule has 0 aromatic rings. The summed E-state index contributed by atoms with van der Waals surface area (Å²) in [6, 6.07) is 1.35. The number of hydrogen-bond acceptors (Lipinski definition) is 1. The summed E-state index contributed by atoms with van der Waals surface area (Å²) < 4.78 is 0. The highest BCUT2D eigenvalue weighted by Gasteiger charge is 2.29. The van der Waals surface area contributed by atoms with Gasteiger partial charge in [0.15, 0.2) is 0 Å². The Morgan fingerprint density at radius 3 is 1.28 bits per heavy atom. The fraction of sp³-hybridized carbons (Fsp3) is 1.00. The van der Waals surface area contributed by atoms with Crippen molar-refractivity contribution in [2.75, 3.05) is 13.1 Å². The van der Waals surface area contributed by atoms with E-state index in [1.165, 1.54) is 25.9 Å². The Morgan fingerprint density at radius 2 is 1.06 bits per heavy atom. The summed E-state index contributed by atoms with van der Waals surface area (Å²) in [5, 5.41) is 4.41. The Labute approximate surface area is 116 Å². The number of hydrogen-bond donors (Lipinski definition) is 1. The number of quaternary nitrogens is 1. The molecule has 0 aromatic carbocycles. The summed E-state index contributed by atoms with van der Waals surface area (Å²) in [6.45, 7) is 21.2. The van der Waals surface area contributed by atoms with Crippen LogP contribution >= 0.6 is 0 Å². The Bertz CT molecular complexity index is 181. The first-order chi connectivity index (χ1) is 8.33. The van der Waals surface area contributed by atoms with E-state index in [-0.39, 0.29) is 0 Å². The van der Waals surface area contributed by atoms with Crippen molar-refractivity contribution in [1.29, 1.82) is 0 Å². The first kappa shape index (κ1) is 17.9. The van der Waals surface area contributed by atoms with Gasteiger partial charge in [-0.25, -0.2) is 0 Å². The highest BCUT2D eigenvalue weighted by atomic mass is 15.6. The van der Waals surface area contributed by atoms with Crippen LogP contribution in [0.15, 0.2) is 0 Å². The van der Waals surface area contributed by atoms with E-state index in [0.717, 1.165) is 11.8 Å². The summed E-state index contributed by atoms with van der Waals surface area (Å²) in [4.78, 5) is 0. The minimum atomic E-state index is 0.674. The lowest BCUT2D eigenvalue weighted by molar-refractivity contribution is -1.03. The lowest BCUT2D eigenvalue weighted by Gasteiger charge is -2.40. The molecular formula is C16H37N2+. The molecule has 2 atom stereocenters. The second kappa shape index (κ2) is 8.92. The summed E-state index contributed by atoms with van der Waals surface area (Å²) >= 11 is 0. The van der Waals surface area contributed by atoms with E-state index in [0.29, 0.717) is 12.1 Å². The van der Waals surface area contributed by atoms with Crippen molar-refractivity contribution in [3.8, 4) is 0 Å². The zero-order chi connectivity index (χ0) is 14.3. The van der Waals surface area contributed by atoms with Crippen molar-refractivity contribution in [3.63, 3.8) is 0 Å². The van der Waals surface area contributed by atoms with Gasteiger partial charge in [-0.1, -0.05) is 41.5 Å². The minimum Gasteiger partial charge on any atom is -0.254 e. The normalized spacial score (nSPS) is 16.0. The fourth-order valence-electron chi connectivity index (χ4n) is 2.69. The largest absolute Gasteiger partial charge is 0.254 e. The molecule has 2 nitrogen and oxygen atoms in total. The molecule has 2 heteroatoms. The van der Waals surface area contributed by atoms with E-state index in [1.54, 1.807) is 5.01 Å². The Morgan fingerprint density at radius 1 is 0.722 bits per heavy atom. The van der Waals surface area contributed by atoms with Gasteiger partial charge in [0.05, 0.1) is 25.2 Å². The molecule has 0 heterocycles. The van der Waals surface area contributed by atoms with Crippen LogP contribution < -0.4 is 5.01 Å². The van der Waals surface area contributed by atoms with Gasteiger partial charge in [0.25, 0.3) is 0 Å². The zero-order valence-electron chi connectivity index (χ0n) is 14.1. The monoisotopic (exact) mass is 257 g/mol. The molecule has 0 radical (unpaired) electrons. The summed E-state index contributed by atoms with van der Waals surface area (Å²) in [6.07, 6.45) is 2.48. The van der Waals surface area contributed by atoms with Gasteiger partial charge in [0.1, 0.15) is 0 Å². The summed E-state index contributed by atoms with van der Waals surface area (Å²) in [7, 11) is 0. The first-order valence-electron chi connectivity index (χ1n) is 7.96. The molecular weight excluding hydrogens is 220 g/mol. The Hall–Kier alpha value is -0.0800. The summed E-state index contributed by atoms with van der Waals surface area (Å²) in [5.41, 5.74) is 0. The third-order valence-corrected chi connectivity index (χ3v) is 3.78. The Kier molecular flexibility index (Phi) is 8.89. The topological polar surface area (TPSA) is 7.68 Å². The van der Waals surface area contributed by atoms with Gasteiger partial charge in [0.2, 0.25) is 0 Å². The van der Waals surface area contributed by atoms with Crippen molar-refractivity contribution < 1.29 is 5.01 Å². The fourth-order valence-corrected chi connectivity index (χ4v) is 2.69. The lowest BCUT2D eigenvalue weighted by Crippen LogP contribution is -3.20. The first-order valence-corrected chi connectivity index (χ1v) is 7.96. The maximum Gasteiger partial charge on any atom is 0.0971 e. The molecule has 0 aromatic heterocycles. The lowest BCUT2D eigenvalue weighted by atomic mass is 10.1. The molecule has 0 aliphatic carbocycles. The van der Waals surface area contributed by atoms with Crippen molar-refractivity contribution in [1.82, 2.24) is 5.01 Å². The molecule has 0 saturated carbocycles. The van der Waals surface area contributed by atoms with Crippen LogP contribution in [0.1, 0.15) is 68.2 Å². The molecule has 18 heavy (non-hydrogen) atoms. The van der Waals surface area contributed by atoms with Gasteiger partial charge in [-0.05, 0) is 26.7 Å². The van der Waals surface area contributed by atoms with Crippen molar-refractivity contribution in [3.05, 3.63) is 0 Å². The zero-order valence-corrected chi connectivity index (χ0v) is 14.1. The predicted octanol–water partition coefficient (Wildman–Crippen LogP) is 3.00. The van der Waals surface area contributed by atoms with Crippen LogP contribution in [0.2, 0.25) is 0 Å². The smallest absolute Gasteiger partial charge is 0.0971 e. The van der Waals surface area contributed by atoms with E-state index in [1.807, 2.05) is 0 Å². The van der Waals surface area contributed by atoms with Crippen LogP contribution in [0.25, 0.3) is 0 Å². The van der Waals surface area contributed by atoms with Crippen molar-refractivity contribution in [2.45, 2.75) is 80.3 Å². The second-order valence-corrected chi connectivity index (χ2v) is 6.68. The maximum atomic E-state index is 2.72. The van der Waals surface area contributed by atoms with Gasteiger partial charge < -0.3 is 0 Å². The molecule has 0 fully saturated rings. The van der Waals surface area contributed by atoms with Crippen LogP contribution in [-0.2, 0) is 0 Å². The molecule has 0 aliphatic rings. The Balaban J connectivity index is 4.92. The molecule has 0 rings (SSSR count). The standard InChI is InChI=1S/C16H36N2/c1-9-15(7)18(16(8)10-2)17(11-13(3)4)12-14(5)6/h13-16H,9-12H2,1-8H3/p+1. The van der Waals surface area contributed by atoms with Crippen molar-refractivity contribution >= 4 is 0 Å². The van der Waals surface area contributed by atoms with E-state index in [2.05, 4.69) is 60.4 Å². The number of rotatable bonds is 9. The maximum absolute atomic E-state index is 2.72. The van der Waals surface area contributed by atoms with E-state index in [9.17, 15) is 0 Å². The average molecular weight is 257 g/mol. The van der Waals surface area contributed by atoms with Gasteiger partial charge in [-0.15, -0.1) is 0 Å². The van der Waals surface area contributed by atoms with Crippen molar-refractivity contribution in [2.24, 2.45) is 11.8 Å². The molecule has 0 bridgehead atoms. The van der Waals surface area contributed by atoms with E-state index < -0.39 is 0 Å². The van der Waals surface area contributed by atoms with E-state index in [4.69, 9.17) is 0 Å².